The Morgan fingerprint density at radius 3 is 2.11 bits per heavy atom. The lowest BCUT2D eigenvalue weighted by Gasteiger charge is -2.19. The van der Waals surface area contributed by atoms with E-state index < -0.39 is 12.0 Å². The van der Waals surface area contributed by atoms with Crippen molar-refractivity contribution < 1.29 is 37.3 Å². The molecule has 0 saturated carbocycles. The monoisotopic (exact) mass is 529 g/mol. The van der Waals surface area contributed by atoms with Gasteiger partial charge in [0.25, 0.3) is 5.91 Å². The Morgan fingerprint density at radius 1 is 0.868 bits per heavy atom. The summed E-state index contributed by atoms with van der Waals surface area (Å²) in [6, 6.07) is 17.6. The van der Waals surface area contributed by atoms with Crippen molar-refractivity contribution in [2.75, 3.05) is 6.54 Å². The highest BCUT2D eigenvalue weighted by Gasteiger charge is 2.31. The van der Waals surface area contributed by atoms with Crippen molar-refractivity contribution in [3.8, 4) is 22.6 Å². The van der Waals surface area contributed by atoms with Crippen molar-refractivity contribution in [3.63, 3.8) is 0 Å². The number of nitrogens with one attached hydrogen (secondary N) is 1. The van der Waals surface area contributed by atoms with Crippen LogP contribution in [-0.2, 0) is 22.4 Å². The Balaban J connectivity index is 1.55. The van der Waals surface area contributed by atoms with Crippen LogP contribution in [0.25, 0.3) is 11.1 Å². The third-order valence-corrected chi connectivity index (χ3v) is 5.43. The Labute approximate surface area is 219 Å². The van der Waals surface area contributed by atoms with E-state index in [0.29, 0.717) is 29.5 Å². The number of phenols is 1. The summed E-state index contributed by atoms with van der Waals surface area (Å²) in [5.41, 5.74) is 2.95. The van der Waals surface area contributed by atoms with Gasteiger partial charge in [0.15, 0.2) is 0 Å². The molecule has 0 atom stereocenters. The number of carbonyl (C=O) groups is 2. The van der Waals surface area contributed by atoms with Gasteiger partial charge in [-0.05, 0) is 92.3 Å². The summed E-state index contributed by atoms with van der Waals surface area (Å²) in [5, 5.41) is 13.0. The second-order valence-corrected chi connectivity index (χ2v) is 9.70. The summed E-state index contributed by atoms with van der Waals surface area (Å²) in [6.07, 6.45) is -3.57. The number of aromatic hydroxyl groups is 1. The van der Waals surface area contributed by atoms with E-state index in [1.165, 1.54) is 24.3 Å². The molecule has 1 amide bonds. The number of rotatable bonds is 9. The summed E-state index contributed by atoms with van der Waals surface area (Å²) >= 11 is 0. The number of hydrogen-bond acceptors (Lipinski definition) is 5. The fraction of sp³-hybridized carbons (Fsp3) is 0.310. The van der Waals surface area contributed by atoms with Crippen LogP contribution >= 0.6 is 0 Å². The van der Waals surface area contributed by atoms with E-state index in [4.69, 9.17) is 4.74 Å². The zero-order valence-corrected chi connectivity index (χ0v) is 21.4. The van der Waals surface area contributed by atoms with Crippen molar-refractivity contribution in [1.29, 1.82) is 0 Å². The largest absolute Gasteiger partial charge is 0.573 e. The number of benzene rings is 3. The topological polar surface area (TPSA) is 84.9 Å². The SMILES string of the molecule is CC(C)(C)OC(=O)CCNC(=O)c1ccc(CCc2cc(-c3ccc(OC(F)(F)F)cc3)ccc2O)cc1. The van der Waals surface area contributed by atoms with E-state index >= 15 is 0 Å². The van der Waals surface area contributed by atoms with E-state index in [2.05, 4.69) is 10.1 Å². The lowest BCUT2D eigenvalue weighted by atomic mass is 9.98. The predicted octanol–water partition coefficient (Wildman–Crippen LogP) is 6.20. The molecule has 0 aliphatic carbocycles. The van der Waals surface area contributed by atoms with Gasteiger partial charge in [-0.3, -0.25) is 9.59 Å². The lowest BCUT2D eigenvalue weighted by Crippen LogP contribution is -2.29. The Hall–Kier alpha value is -4.01. The average molecular weight is 530 g/mol. The van der Waals surface area contributed by atoms with Crippen molar-refractivity contribution in [2.45, 2.75) is 52.0 Å². The molecular weight excluding hydrogens is 499 g/mol. The molecule has 0 aliphatic rings. The Kier molecular flexibility index (Phi) is 9.04. The molecule has 3 aromatic carbocycles. The zero-order valence-electron chi connectivity index (χ0n) is 21.4. The first-order valence-electron chi connectivity index (χ1n) is 12.1. The number of hydrogen-bond donors (Lipinski definition) is 2. The van der Waals surface area contributed by atoms with Crippen LogP contribution < -0.4 is 10.1 Å². The first-order valence-corrected chi connectivity index (χ1v) is 12.1. The number of esters is 1. The number of alkyl halides is 3. The van der Waals surface area contributed by atoms with E-state index in [1.807, 2.05) is 12.1 Å². The summed E-state index contributed by atoms with van der Waals surface area (Å²) in [5.74, 6) is -0.864. The molecule has 3 rings (SSSR count). The normalized spacial score (nSPS) is 11.6. The van der Waals surface area contributed by atoms with Crippen LogP contribution in [0.3, 0.4) is 0 Å². The molecule has 0 radical (unpaired) electrons. The van der Waals surface area contributed by atoms with Gasteiger partial charge in [0.1, 0.15) is 17.1 Å². The highest BCUT2D eigenvalue weighted by atomic mass is 19.4. The maximum Gasteiger partial charge on any atom is 0.573 e. The van der Waals surface area contributed by atoms with Crippen LogP contribution in [0.5, 0.6) is 11.5 Å². The molecule has 0 unspecified atom stereocenters. The first kappa shape index (κ1) is 28.6. The molecule has 6 nitrogen and oxygen atoms in total. The minimum absolute atomic E-state index is 0.0785. The molecular formula is C29H30F3NO5. The quantitative estimate of drug-likeness (QED) is 0.322. The van der Waals surface area contributed by atoms with Crippen LogP contribution in [-0.4, -0.2) is 35.5 Å². The highest BCUT2D eigenvalue weighted by molar-refractivity contribution is 5.94. The highest BCUT2D eigenvalue weighted by Crippen LogP contribution is 2.30. The van der Waals surface area contributed by atoms with Gasteiger partial charge in [0, 0.05) is 12.1 Å². The van der Waals surface area contributed by atoms with Gasteiger partial charge >= 0.3 is 12.3 Å². The zero-order chi connectivity index (χ0) is 27.9. The Morgan fingerprint density at radius 2 is 1.50 bits per heavy atom. The number of halogens is 3. The van der Waals surface area contributed by atoms with Crippen molar-refractivity contribution in [3.05, 3.63) is 83.4 Å². The van der Waals surface area contributed by atoms with Crippen LogP contribution in [0.2, 0.25) is 0 Å². The smallest absolute Gasteiger partial charge is 0.508 e. The van der Waals surface area contributed by atoms with Crippen LogP contribution in [0.4, 0.5) is 13.2 Å². The lowest BCUT2D eigenvalue weighted by molar-refractivity contribution is -0.274. The average Bonchev–Trinajstić information content (AvgIpc) is 2.82. The number of ether oxygens (including phenoxy) is 2. The van der Waals surface area contributed by atoms with Gasteiger partial charge in [-0.25, -0.2) is 0 Å². The molecule has 0 bridgehead atoms. The fourth-order valence-electron chi connectivity index (χ4n) is 3.69. The first-order chi connectivity index (χ1) is 17.8. The second-order valence-electron chi connectivity index (χ2n) is 9.70. The molecule has 38 heavy (non-hydrogen) atoms. The van der Waals surface area contributed by atoms with Crippen LogP contribution in [0.15, 0.2) is 66.7 Å². The predicted molar refractivity (Wildman–Crippen MR) is 137 cm³/mol. The van der Waals surface area contributed by atoms with Gasteiger partial charge < -0.3 is 19.9 Å². The molecule has 0 fully saturated rings. The van der Waals surface area contributed by atoms with Crippen molar-refractivity contribution in [1.82, 2.24) is 5.32 Å². The number of carbonyl (C=O) groups excluding carboxylic acids is 2. The second kappa shape index (κ2) is 12.0. The van der Waals surface area contributed by atoms with Gasteiger partial charge in [-0.15, -0.1) is 13.2 Å². The summed E-state index contributed by atoms with van der Waals surface area (Å²) in [4.78, 5) is 24.1. The molecule has 0 aliphatic heterocycles. The van der Waals surface area contributed by atoms with E-state index in [0.717, 1.165) is 11.1 Å². The number of amides is 1. The molecule has 2 N–H and O–H groups in total. The summed E-state index contributed by atoms with van der Waals surface area (Å²) < 4.78 is 46.3. The van der Waals surface area contributed by atoms with Crippen LogP contribution in [0, 0.1) is 0 Å². The molecule has 0 saturated heterocycles. The minimum atomic E-state index is -4.75. The summed E-state index contributed by atoms with van der Waals surface area (Å²) in [7, 11) is 0. The third kappa shape index (κ3) is 9.14. The molecule has 0 heterocycles. The maximum atomic E-state index is 12.4. The standard InChI is InChI=1S/C29H30F3NO5/c1-28(2,3)38-26(35)16-17-33-27(36)21-7-4-19(5-8-21)6-9-23-18-22(12-15-25(23)34)20-10-13-24(14-11-20)37-29(30,31)32/h4-5,7-8,10-15,18,34H,6,9,16-17H2,1-3H3,(H,33,36). The summed E-state index contributed by atoms with van der Waals surface area (Å²) in [6.45, 7) is 5.51. The van der Waals surface area contributed by atoms with Gasteiger partial charge in [-0.2, -0.15) is 0 Å². The van der Waals surface area contributed by atoms with E-state index in [-0.39, 0.29) is 36.3 Å². The van der Waals surface area contributed by atoms with Gasteiger partial charge in [-0.1, -0.05) is 30.3 Å². The molecule has 202 valence electrons. The minimum Gasteiger partial charge on any atom is -0.508 e. The van der Waals surface area contributed by atoms with Crippen molar-refractivity contribution in [2.24, 2.45) is 0 Å². The van der Waals surface area contributed by atoms with Crippen LogP contribution in [0.1, 0.15) is 48.7 Å². The fourth-order valence-corrected chi connectivity index (χ4v) is 3.69. The van der Waals surface area contributed by atoms with Gasteiger partial charge in [0.2, 0.25) is 0 Å². The molecule has 0 spiro atoms. The maximum absolute atomic E-state index is 12.4. The van der Waals surface area contributed by atoms with E-state index in [1.54, 1.807) is 51.1 Å². The molecule has 0 aromatic heterocycles. The third-order valence-electron chi connectivity index (χ3n) is 5.43. The molecule has 3 aromatic rings. The van der Waals surface area contributed by atoms with Crippen molar-refractivity contribution >= 4 is 11.9 Å². The number of phenolic OH excluding ortho intramolecular Hbond substituents is 1. The molecule has 9 heteroatoms. The van der Waals surface area contributed by atoms with Gasteiger partial charge in [0.05, 0.1) is 6.42 Å². The number of aryl methyl sites for hydroxylation is 2. The van der Waals surface area contributed by atoms with E-state index in [9.17, 15) is 27.9 Å². The Bertz CT molecular complexity index is 1250.